The molecule has 1 N–H and O–H groups in total. The Morgan fingerprint density at radius 2 is 1.88 bits per heavy atom. The van der Waals surface area contributed by atoms with Crippen molar-refractivity contribution in [2.24, 2.45) is 5.92 Å². The second kappa shape index (κ2) is 5.51. The van der Waals surface area contributed by atoms with Crippen LogP contribution in [-0.4, -0.2) is 30.4 Å². The molecule has 1 aliphatic heterocycles. The molecular weight excluding hydrogens is 302 g/mol. The van der Waals surface area contributed by atoms with Crippen LogP contribution in [0.4, 0.5) is 11.4 Å². The van der Waals surface area contributed by atoms with E-state index in [0.29, 0.717) is 12.5 Å². The summed E-state index contributed by atoms with van der Waals surface area (Å²) in [4.78, 5) is 32.4. The van der Waals surface area contributed by atoms with E-state index in [9.17, 15) is 9.59 Å². The van der Waals surface area contributed by atoms with Gasteiger partial charge in [-0.1, -0.05) is 19.1 Å². The van der Waals surface area contributed by atoms with E-state index in [1.54, 1.807) is 16.8 Å². The number of fused-ring (bicyclic) bond motifs is 1. The van der Waals surface area contributed by atoms with E-state index in [4.69, 9.17) is 0 Å². The minimum atomic E-state index is -0.241. The first-order valence-electron chi connectivity index (χ1n) is 8.43. The van der Waals surface area contributed by atoms with Crippen molar-refractivity contribution in [2.75, 3.05) is 23.4 Å². The topological polar surface area (TPSA) is 56.4 Å². The molecule has 5 nitrogen and oxygen atoms in total. The quantitative estimate of drug-likeness (QED) is 0.923. The number of para-hydroxylation sites is 2. The summed E-state index contributed by atoms with van der Waals surface area (Å²) in [6.45, 7) is 2.28. The molecule has 1 aliphatic carbocycles. The molecule has 4 rings (SSSR count). The molecule has 1 atom stereocenters. The lowest BCUT2D eigenvalue weighted by Crippen LogP contribution is -2.37. The third-order valence-corrected chi connectivity index (χ3v) is 4.98. The first kappa shape index (κ1) is 15.0. The van der Waals surface area contributed by atoms with Crippen LogP contribution in [0.15, 0.2) is 36.5 Å². The molecule has 2 amide bonds. The Labute approximate surface area is 141 Å². The zero-order chi connectivity index (χ0) is 16.8. The molecule has 5 heteroatoms. The van der Waals surface area contributed by atoms with Crippen LogP contribution < -0.4 is 9.80 Å². The Balaban J connectivity index is 1.78. The highest BCUT2D eigenvalue weighted by atomic mass is 16.2. The van der Waals surface area contributed by atoms with Gasteiger partial charge in [0, 0.05) is 25.5 Å². The van der Waals surface area contributed by atoms with Gasteiger partial charge in [-0.3, -0.25) is 9.59 Å². The average Bonchev–Trinajstić information content (AvgIpc) is 3.34. The van der Waals surface area contributed by atoms with E-state index in [0.717, 1.165) is 35.5 Å². The van der Waals surface area contributed by atoms with Crippen molar-refractivity contribution >= 4 is 23.2 Å². The van der Waals surface area contributed by atoms with Gasteiger partial charge in [-0.05, 0) is 37.0 Å². The third-order valence-electron chi connectivity index (χ3n) is 4.98. The number of hydrogen-bond acceptors (Lipinski definition) is 2. The van der Waals surface area contributed by atoms with E-state index in [1.807, 2.05) is 43.5 Å². The van der Waals surface area contributed by atoms with Gasteiger partial charge < -0.3 is 14.8 Å². The highest BCUT2D eigenvalue weighted by molar-refractivity contribution is 6.12. The number of H-pyrrole nitrogens is 1. The van der Waals surface area contributed by atoms with Gasteiger partial charge in [0.2, 0.25) is 5.91 Å². The van der Waals surface area contributed by atoms with E-state index < -0.39 is 0 Å². The van der Waals surface area contributed by atoms with E-state index in [2.05, 4.69) is 4.98 Å². The van der Waals surface area contributed by atoms with Crippen LogP contribution in [0.3, 0.4) is 0 Å². The van der Waals surface area contributed by atoms with Gasteiger partial charge in [0.25, 0.3) is 5.91 Å². The van der Waals surface area contributed by atoms with Gasteiger partial charge in [-0.2, -0.15) is 0 Å². The maximum absolute atomic E-state index is 13.3. The molecule has 0 spiro atoms. The number of hydrogen-bond donors (Lipinski definition) is 1. The fourth-order valence-electron chi connectivity index (χ4n) is 3.49. The Hall–Kier alpha value is -2.56. The summed E-state index contributed by atoms with van der Waals surface area (Å²) >= 11 is 0. The van der Waals surface area contributed by atoms with E-state index >= 15 is 0 Å². The highest BCUT2D eigenvalue weighted by Crippen LogP contribution is 2.42. The smallest absolute Gasteiger partial charge is 0.260 e. The minimum Gasteiger partial charge on any atom is -0.364 e. The summed E-state index contributed by atoms with van der Waals surface area (Å²) in [5.41, 5.74) is 3.35. The summed E-state index contributed by atoms with van der Waals surface area (Å²) in [6.07, 6.45) is 4.11. The van der Waals surface area contributed by atoms with Crippen LogP contribution in [0.25, 0.3) is 0 Å². The van der Waals surface area contributed by atoms with E-state index in [-0.39, 0.29) is 17.7 Å². The molecule has 1 aromatic heterocycles. The first-order valence-corrected chi connectivity index (χ1v) is 8.43. The SMILES string of the molecule is CC1CN(C(=O)c2cc[nH]c2C2CC2)c2ccccc2N(C)C1=O. The second-order valence-corrected chi connectivity index (χ2v) is 6.78. The fraction of sp³-hybridized carbons (Fsp3) is 0.368. The van der Waals surface area contributed by atoms with Gasteiger partial charge in [0.05, 0.1) is 22.9 Å². The molecule has 0 saturated heterocycles. The van der Waals surface area contributed by atoms with Crippen LogP contribution in [0.5, 0.6) is 0 Å². The molecular formula is C19H21N3O2. The predicted octanol–water partition coefficient (Wildman–Crippen LogP) is 3.15. The van der Waals surface area contributed by atoms with Crippen LogP contribution in [0.1, 0.15) is 41.7 Å². The molecule has 2 aromatic rings. The summed E-state index contributed by atoms with van der Waals surface area (Å²) in [5, 5.41) is 0. The Morgan fingerprint density at radius 3 is 2.58 bits per heavy atom. The number of nitrogens with zero attached hydrogens (tertiary/aromatic N) is 2. The van der Waals surface area contributed by atoms with Crippen molar-refractivity contribution < 1.29 is 9.59 Å². The summed E-state index contributed by atoms with van der Waals surface area (Å²) < 4.78 is 0. The maximum Gasteiger partial charge on any atom is 0.260 e. The molecule has 1 unspecified atom stereocenters. The standard InChI is InChI=1S/C19H21N3O2/c1-12-11-22(16-6-4-3-5-15(16)21(2)18(12)23)19(24)14-9-10-20-17(14)13-7-8-13/h3-6,9-10,12-13,20H,7-8,11H2,1-2H3. The molecule has 2 aliphatic rings. The number of benzene rings is 1. The van der Waals surface area contributed by atoms with Crippen molar-refractivity contribution in [3.8, 4) is 0 Å². The van der Waals surface area contributed by atoms with Crippen molar-refractivity contribution in [3.63, 3.8) is 0 Å². The molecule has 1 fully saturated rings. The zero-order valence-electron chi connectivity index (χ0n) is 14.0. The van der Waals surface area contributed by atoms with Crippen LogP contribution in [0.2, 0.25) is 0 Å². The number of nitrogens with one attached hydrogen (secondary N) is 1. The lowest BCUT2D eigenvalue weighted by Gasteiger charge is -2.24. The number of carbonyl (C=O) groups excluding carboxylic acids is 2. The number of aromatic nitrogens is 1. The Morgan fingerprint density at radius 1 is 1.17 bits per heavy atom. The molecule has 1 aromatic carbocycles. The van der Waals surface area contributed by atoms with Gasteiger partial charge in [-0.25, -0.2) is 0 Å². The highest BCUT2D eigenvalue weighted by Gasteiger charge is 2.35. The molecule has 1 saturated carbocycles. The predicted molar refractivity (Wildman–Crippen MR) is 93.5 cm³/mol. The normalized spacial score (nSPS) is 20.8. The van der Waals surface area contributed by atoms with E-state index in [1.165, 1.54) is 0 Å². The monoisotopic (exact) mass is 323 g/mol. The number of rotatable bonds is 2. The van der Waals surface area contributed by atoms with Gasteiger partial charge in [0.15, 0.2) is 0 Å². The van der Waals surface area contributed by atoms with Gasteiger partial charge in [-0.15, -0.1) is 0 Å². The van der Waals surface area contributed by atoms with Gasteiger partial charge >= 0.3 is 0 Å². The number of carbonyl (C=O) groups is 2. The van der Waals surface area contributed by atoms with Crippen molar-refractivity contribution in [1.82, 2.24) is 4.98 Å². The van der Waals surface area contributed by atoms with Crippen molar-refractivity contribution in [1.29, 1.82) is 0 Å². The molecule has 124 valence electrons. The van der Waals surface area contributed by atoms with Crippen molar-refractivity contribution in [3.05, 3.63) is 47.8 Å². The van der Waals surface area contributed by atoms with Crippen LogP contribution in [0, 0.1) is 5.92 Å². The van der Waals surface area contributed by atoms with Crippen LogP contribution in [-0.2, 0) is 4.79 Å². The Kier molecular flexibility index (Phi) is 3.44. The lowest BCUT2D eigenvalue weighted by molar-refractivity contribution is -0.121. The minimum absolute atomic E-state index is 0.0273. The third kappa shape index (κ3) is 2.31. The second-order valence-electron chi connectivity index (χ2n) is 6.78. The largest absolute Gasteiger partial charge is 0.364 e. The molecule has 0 bridgehead atoms. The fourth-order valence-corrected chi connectivity index (χ4v) is 3.49. The summed E-state index contributed by atoms with van der Waals surface area (Å²) in [7, 11) is 1.78. The first-order chi connectivity index (χ1) is 11.6. The number of anilines is 2. The zero-order valence-corrected chi connectivity index (χ0v) is 14.0. The Bertz CT molecular complexity index is 806. The summed E-state index contributed by atoms with van der Waals surface area (Å²) in [6, 6.07) is 9.47. The average molecular weight is 323 g/mol. The lowest BCUT2D eigenvalue weighted by atomic mass is 10.1. The molecule has 24 heavy (non-hydrogen) atoms. The van der Waals surface area contributed by atoms with Crippen LogP contribution >= 0.6 is 0 Å². The molecule has 0 radical (unpaired) electrons. The number of amides is 2. The molecule has 2 heterocycles. The maximum atomic E-state index is 13.3. The van der Waals surface area contributed by atoms with Gasteiger partial charge in [0.1, 0.15) is 0 Å². The number of aromatic amines is 1. The van der Waals surface area contributed by atoms with Crippen molar-refractivity contribution in [2.45, 2.75) is 25.7 Å². The summed E-state index contributed by atoms with van der Waals surface area (Å²) in [5.74, 6) is 0.243.